The third-order valence-corrected chi connectivity index (χ3v) is 4.10. The molecule has 4 nitrogen and oxygen atoms in total. The lowest BCUT2D eigenvalue weighted by molar-refractivity contribution is 0.0697. The van der Waals surface area contributed by atoms with Gasteiger partial charge in [0.25, 0.3) is 0 Å². The standard InChI is InChI=1S/C15H12FNO3S/c1-2-11-6-13(14(21-11)15(18)19)20-8-10-5-9(7-17)3-4-12(10)16/h3-6H,2,8H2,1H3,(H,18,19). The van der Waals surface area contributed by atoms with Crippen molar-refractivity contribution in [3.63, 3.8) is 0 Å². The van der Waals surface area contributed by atoms with Gasteiger partial charge in [-0.1, -0.05) is 6.92 Å². The zero-order chi connectivity index (χ0) is 15.4. The molecule has 0 fully saturated rings. The Kier molecular flexibility index (Phi) is 4.55. The summed E-state index contributed by atoms with van der Waals surface area (Å²) in [6, 6.07) is 7.54. The van der Waals surface area contributed by atoms with Crippen molar-refractivity contribution in [2.75, 3.05) is 0 Å². The summed E-state index contributed by atoms with van der Waals surface area (Å²) in [6.45, 7) is 1.79. The Bertz CT molecular complexity index is 718. The van der Waals surface area contributed by atoms with Crippen molar-refractivity contribution in [1.82, 2.24) is 0 Å². The second-order valence-electron chi connectivity index (χ2n) is 4.27. The van der Waals surface area contributed by atoms with Crippen molar-refractivity contribution < 1.29 is 19.0 Å². The van der Waals surface area contributed by atoms with Gasteiger partial charge in [-0.3, -0.25) is 0 Å². The first-order valence-corrected chi connectivity index (χ1v) is 7.04. The van der Waals surface area contributed by atoms with E-state index < -0.39 is 11.8 Å². The SMILES string of the molecule is CCc1cc(OCc2cc(C#N)ccc2F)c(C(=O)O)s1. The van der Waals surface area contributed by atoms with Crippen LogP contribution in [0.1, 0.15) is 32.6 Å². The Morgan fingerprint density at radius 3 is 2.86 bits per heavy atom. The molecule has 0 unspecified atom stereocenters. The maximum absolute atomic E-state index is 13.6. The fraction of sp³-hybridized carbons (Fsp3) is 0.200. The lowest BCUT2D eigenvalue weighted by atomic mass is 10.1. The van der Waals surface area contributed by atoms with E-state index >= 15 is 0 Å². The van der Waals surface area contributed by atoms with Crippen LogP contribution < -0.4 is 4.74 Å². The number of benzene rings is 1. The second-order valence-corrected chi connectivity index (χ2v) is 5.41. The van der Waals surface area contributed by atoms with E-state index in [-0.39, 0.29) is 22.8 Å². The van der Waals surface area contributed by atoms with Gasteiger partial charge in [-0.05, 0) is 30.7 Å². The zero-order valence-corrected chi connectivity index (χ0v) is 12.0. The Hall–Kier alpha value is -2.39. The number of hydrogen-bond donors (Lipinski definition) is 1. The van der Waals surface area contributed by atoms with Crippen LogP contribution in [0.4, 0.5) is 4.39 Å². The Labute approximate surface area is 125 Å². The van der Waals surface area contributed by atoms with Crippen LogP contribution in [0.25, 0.3) is 0 Å². The molecule has 0 radical (unpaired) electrons. The van der Waals surface area contributed by atoms with E-state index in [2.05, 4.69) is 0 Å². The molecule has 2 aromatic rings. The van der Waals surface area contributed by atoms with Crippen LogP contribution in [0, 0.1) is 17.1 Å². The highest BCUT2D eigenvalue weighted by atomic mass is 32.1. The molecule has 0 atom stereocenters. The summed E-state index contributed by atoms with van der Waals surface area (Å²) in [7, 11) is 0. The smallest absolute Gasteiger partial charge is 0.349 e. The van der Waals surface area contributed by atoms with Gasteiger partial charge in [-0.15, -0.1) is 11.3 Å². The van der Waals surface area contributed by atoms with Crippen LogP contribution in [0.15, 0.2) is 24.3 Å². The monoisotopic (exact) mass is 305 g/mol. The highest BCUT2D eigenvalue weighted by Gasteiger charge is 2.17. The first-order chi connectivity index (χ1) is 10.0. The molecule has 0 spiro atoms. The number of aryl methyl sites for hydroxylation is 1. The minimum absolute atomic E-state index is 0.101. The molecule has 0 saturated carbocycles. The first kappa shape index (κ1) is 15.0. The lowest BCUT2D eigenvalue weighted by Crippen LogP contribution is -2.02. The van der Waals surface area contributed by atoms with Crippen molar-refractivity contribution in [1.29, 1.82) is 5.26 Å². The minimum atomic E-state index is -1.07. The van der Waals surface area contributed by atoms with E-state index in [4.69, 9.17) is 15.1 Å². The molecular formula is C15H12FNO3S. The van der Waals surface area contributed by atoms with Gasteiger partial charge in [0.15, 0.2) is 4.88 Å². The molecule has 0 saturated heterocycles. The molecule has 1 heterocycles. The van der Waals surface area contributed by atoms with Crippen LogP contribution in [0.3, 0.4) is 0 Å². The number of carbonyl (C=O) groups is 1. The highest BCUT2D eigenvalue weighted by molar-refractivity contribution is 7.14. The molecule has 0 amide bonds. The zero-order valence-electron chi connectivity index (χ0n) is 11.2. The van der Waals surface area contributed by atoms with Crippen molar-refractivity contribution >= 4 is 17.3 Å². The number of hydrogen-bond acceptors (Lipinski definition) is 4. The Morgan fingerprint density at radius 2 is 2.24 bits per heavy atom. The number of carboxylic acids is 1. The van der Waals surface area contributed by atoms with Gasteiger partial charge in [0, 0.05) is 10.4 Å². The highest BCUT2D eigenvalue weighted by Crippen LogP contribution is 2.30. The molecule has 1 aromatic heterocycles. The summed E-state index contributed by atoms with van der Waals surface area (Å²) in [5.41, 5.74) is 0.544. The third kappa shape index (κ3) is 3.38. The summed E-state index contributed by atoms with van der Waals surface area (Å²) < 4.78 is 19.1. The summed E-state index contributed by atoms with van der Waals surface area (Å²) >= 11 is 1.14. The molecule has 1 N–H and O–H groups in total. The van der Waals surface area contributed by atoms with Crippen molar-refractivity contribution in [2.24, 2.45) is 0 Å². The van der Waals surface area contributed by atoms with Gasteiger partial charge in [-0.2, -0.15) is 5.26 Å². The summed E-state index contributed by atoms with van der Waals surface area (Å²) in [6.07, 6.45) is 0.701. The second kappa shape index (κ2) is 6.37. The van der Waals surface area contributed by atoms with E-state index in [1.165, 1.54) is 18.2 Å². The molecule has 2 rings (SSSR count). The maximum atomic E-state index is 13.6. The normalized spacial score (nSPS) is 10.1. The molecule has 1 aromatic carbocycles. The van der Waals surface area contributed by atoms with Gasteiger partial charge in [0.05, 0.1) is 11.6 Å². The van der Waals surface area contributed by atoms with Crippen molar-refractivity contribution in [3.05, 3.63) is 51.0 Å². The van der Waals surface area contributed by atoms with Gasteiger partial charge < -0.3 is 9.84 Å². The number of ether oxygens (including phenoxy) is 1. The van der Waals surface area contributed by atoms with E-state index in [0.717, 1.165) is 16.2 Å². The summed E-state index contributed by atoms with van der Waals surface area (Å²) in [5, 5.41) is 17.9. The van der Waals surface area contributed by atoms with Gasteiger partial charge in [0.1, 0.15) is 18.2 Å². The molecule has 6 heteroatoms. The first-order valence-electron chi connectivity index (χ1n) is 6.22. The Balaban J connectivity index is 2.22. The summed E-state index contributed by atoms with van der Waals surface area (Å²) in [4.78, 5) is 12.1. The number of halogens is 1. The molecule has 0 bridgehead atoms. The molecular weight excluding hydrogens is 293 g/mol. The average Bonchev–Trinajstić information content (AvgIpc) is 2.90. The number of nitriles is 1. The van der Waals surface area contributed by atoms with E-state index in [1.54, 1.807) is 6.07 Å². The van der Waals surface area contributed by atoms with E-state index in [9.17, 15) is 9.18 Å². The van der Waals surface area contributed by atoms with Crippen LogP contribution in [0.5, 0.6) is 5.75 Å². The van der Waals surface area contributed by atoms with Gasteiger partial charge in [0.2, 0.25) is 0 Å². The lowest BCUT2D eigenvalue weighted by Gasteiger charge is -2.07. The fourth-order valence-corrected chi connectivity index (χ4v) is 2.64. The maximum Gasteiger partial charge on any atom is 0.349 e. The van der Waals surface area contributed by atoms with Crippen LogP contribution in [-0.2, 0) is 13.0 Å². The third-order valence-electron chi connectivity index (χ3n) is 2.85. The van der Waals surface area contributed by atoms with Crippen LogP contribution in [-0.4, -0.2) is 11.1 Å². The number of aromatic carboxylic acids is 1. The van der Waals surface area contributed by atoms with Gasteiger partial charge in [-0.25, -0.2) is 9.18 Å². The van der Waals surface area contributed by atoms with Crippen molar-refractivity contribution in [2.45, 2.75) is 20.0 Å². The summed E-state index contributed by atoms with van der Waals surface area (Å²) in [5.74, 6) is -1.33. The molecule has 108 valence electrons. The average molecular weight is 305 g/mol. The number of rotatable bonds is 5. The van der Waals surface area contributed by atoms with Crippen LogP contribution >= 0.6 is 11.3 Å². The molecule has 0 aliphatic carbocycles. The number of thiophene rings is 1. The predicted octanol–water partition coefficient (Wildman–Crippen LogP) is 3.60. The molecule has 21 heavy (non-hydrogen) atoms. The van der Waals surface area contributed by atoms with Crippen molar-refractivity contribution in [3.8, 4) is 11.8 Å². The minimum Gasteiger partial charge on any atom is -0.487 e. The quantitative estimate of drug-likeness (QED) is 0.916. The molecule has 0 aliphatic heterocycles. The van der Waals surface area contributed by atoms with E-state index in [1.807, 2.05) is 13.0 Å². The molecule has 0 aliphatic rings. The predicted molar refractivity (Wildman–Crippen MR) is 76.1 cm³/mol. The van der Waals surface area contributed by atoms with Gasteiger partial charge >= 0.3 is 5.97 Å². The Morgan fingerprint density at radius 1 is 1.48 bits per heavy atom. The van der Waals surface area contributed by atoms with Crippen LogP contribution in [0.2, 0.25) is 0 Å². The number of carboxylic acid groups (broad SMARTS) is 1. The topological polar surface area (TPSA) is 70.3 Å². The largest absolute Gasteiger partial charge is 0.487 e. The fourth-order valence-electron chi connectivity index (χ4n) is 1.76. The number of nitrogens with zero attached hydrogens (tertiary/aromatic N) is 1. The van der Waals surface area contributed by atoms with E-state index in [0.29, 0.717) is 12.0 Å².